The summed E-state index contributed by atoms with van der Waals surface area (Å²) in [5.74, 6) is 0.644. The first-order valence-corrected chi connectivity index (χ1v) is 9.12. The summed E-state index contributed by atoms with van der Waals surface area (Å²) < 4.78 is 3.05. The zero-order valence-electron chi connectivity index (χ0n) is 15.8. The Bertz CT molecular complexity index is 1190. The smallest absolute Gasteiger partial charge is 0.334 e. The molecule has 0 saturated heterocycles. The summed E-state index contributed by atoms with van der Waals surface area (Å²) >= 11 is 0. The van der Waals surface area contributed by atoms with Crippen molar-refractivity contribution in [1.29, 1.82) is 0 Å². The summed E-state index contributed by atoms with van der Waals surface area (Å²) in [7, 11) is 0. The van der Waals surface area contributed by atoms with Crippen LogP contribution in [-0.2, 0) is 13.1 Å². The molecule has 0 aliphatic heterocycles. The number of pyridine rings is 1. The molecule has 150 valence electrons. The van der Waals surface area contributed by atoms with Crippen LogP contribution in [0.5, 0.6) is 0 Å². The molecule has 2 N–H and O–H groups in total. The topological polar surface area (TPSA) is 120 Å². The number of rotatable bonds is 6. The monoisotopic (exact) mass is 402 g/mol. The fourth-order valence-electron chi connectivity index (χ4n) is 2.79. The van der Waals surface area contributed by atoms with Crippen molar-refractivity contribution in [3.63, 3.8) is 0 Å². The minimum Gasteiger partial charge on any atom is -0.334 e. The SMILES string of the molecule is O=C(NCc1ccc(-n2cncn2)nc1)Nc1cccc(Cn2cccnc2=O)c1. The third kappa shape index (κ3) is 4.73. The van der Waals surface area contributed by atoms with E-state index in [1.165, 1.54) is 17.1 Å². The lowest BCUT2D eigenvalue weighted by molar-refractivity contribution is 0.251. The molecule has 3 aromatic heterocycles. The van der Waals surface area contributed by atoms with Crippen molar-refractivity contribution in [1.82, 2.24) is 34.6 Å². The van der Waals surface area contributed by atoms with Gasteiger partial charge in [-0.15, -0.1) is 0 Å². The van der Waals surface area contributed by atoms with E-state index in [4.69, 9.17) is 0 Å². The third-order valence-electron chi connectivity index (χ3n) is 4.24. The van der Waals surface area contributed by atoms with Crippen LogP contribution in [-0.4, -0.2) is 35.3 Å². The molecule has 0 aliphatic carbocycles. The van der Waals surface area contributed by atoms with Gasteiger partial charge in [-0.3, -0.25) is 4.57 Å². The average Bonchev–Trinajstić information content (AvgIpc) is 3.30. The minimum absolute atomic E-state index is 0.321. The molecule has 0 bridgehead atoms. The van der Waals surface area contributed by atoms with Crippen LogP contribution in [0.1, 0.15) is 11.1 Å². The Morgan fingerprint density at radius 3 is 2.77 bits per heavy atom. The van der Waals surface area contributed by atoms with E-state index in [0.717, 1.165) is 11.1 Å². The number of benzene rings is 1. The maximum absolute atomic E-state index is 12.2. The van der Waals surface area contributed by atoms with Gasteiger partial charge in [0.05, 0.1) is 6.54 Å². The summed E-state index contributed by atoms with van der Waals surface area (Å²) in [6, 6.07) is 12.3. The van der Waals surface area contributed by atoms with Gasteiger partial charge in [0.2, 0.25) is 0 Å². The van der Waals surface area contributed by atoms with Crippen molar-refractivity contribution in [3.05, 3.63) is 95.3 Å². The normalized spacial score (nSPS) is 10.5. The van der Waals surface area contributed by atoms with E-state index >= 15 is 0 Å². The van der Waals surface area contributed by atoms with Gasteiger partial charge >= 0.3 is 11.7 Å². The van der Waals surface area contributed by atoms with Crippen LogP contribution in [0.4, 0.5) is 10.5 Å². The lowest BCUT2D eigenvalue weighted by Gasteiger charge is -2.10. The molecule has 1 aromatic carbocycles. The second-order valence-corrected chi connectivity index (χ2v) is 6.40. The van der Waals surface area contributed by atoms with Crippen molar-refractivity contribution in [2.75, 3.05) is 5.32 Å². The molecule has 3 heterocycles. The van der Waals surface area contributed by atoms with Gasteiger partial charge in [-0.05, 0) is 35.4 Å². The van der Waals surface area contributed by atoms with Crippen molar-refractivity contribution < 1.29 is 4.79 Å². The number of carbonyl (C=O) groups is 1. The predicted molar refractivity (Wildman–Crippen MR) is 109 cm³/mol. The van der Waals surface area contributed by atoms with Gasteiger partial charge in [0, 0.05) is 30.8 Å². The number of carbonyl (C=O) groups excluding carboxylic acids is 1. The highest BCUT2D eigenvalue weighted by molar-refractivity contribution is 5.89. The van der Waals surface area contributed by atoms with Crippen molar-refractivity contribution in [2.24, 2.45) is 0 Å². The molecule has 2 amide bonds. The Hall–Kier alpha value is -4.34. The molecule has 10 nitrogen and oxygen atoms in total. The zero-order valence-corrected chi connectivity index (χ0v) is 15.8. The van der Waals surface area contributed by atoms with Gasteiger partial charge in [0.15, 0.2) is 5.82 Å². The predicted octanol–water partition coefficient (Wildman–Crippen LogP) is 1.59. The Balaban J connectivity index is 1.33. The van der Waals surface area contributed by atoms with Gasteiger partial charge in [-0.1, -0.05) is 18.2 Å². The first-order chi connectivity index (χ1) is 14.7. The molecule has 4 aromatic rings. The molecule has 30 heavy (non-hydrogen) atoms. The van der Waals surface area contributed by atoms with Crippen molar-refractivity contribution in [2.45, 2.75) is 13.1 Å². The van der Waals surface area contributed by atoms with Gasteiger partial charge in [0.25, 0.3) is 0 Å². The molecule has 0 unspecified atom stereocenters. The summed E-state index contributed by atoms with van der Waals surface area (Å²) in [6.45, 7) is 0.689. The molecule has 4 rings (SSSR count). The van der Waals surface area contributed by atoms with Crippen LogP contribution in [0.3, 0.4) is 0 Å². The van der Waals surface area contributed by atoms with E-state index in [9.17, 15) is 9.59 Å². The maximum Gasteiger partial charge on any atom is 0.347 e. The van der Waals surface area contributed by atoms with Crippen LogP contribution in [0.15, 0.2) is 78.5 Å². The number of anilines is 1. The summed E-state index contributed by atoms with van der Waals surface area (Å²) in [6.07, 6.45) is 7.80. The van der Waals surface area contributed by atoms with E-state index in [0.29, 0.717) is 24.6 Å². The van der Waals surface area contributed by atoms with Crippen LogP contribution >= 0.6 is 0 Å². The highest BCUT2D eigenvalue weighted by Crippen LogP contribution is 2.11. The van der Waals surface area contributed by atoms with E-state index in [-0.39, 0.29) is 11.7 Å². The fourth-order valence-corrected chi connectivity index (χ4v) is 2.79. The number of amides is 2. The molecule has 0 saturated carbocycles. The van der Waals surface area contributed by atoms with Crippen LogP contribution < -0.4 is 16.3 Å². The van der Waals surface area contributed by atoms with Crippen LogP contribution in [0, 0.1) is 0 Å². The quantitative estimate of drug-likeness (QED) is 0.505. The number of hydrogen-bond donors (Lipinski definition) is 2. The first kappa shape index (κ1) is 19.0. The second-order valence-electron chi connectivity index (χ2n) is 6.40. The van der Waals surface area contributed by atoms with Gasteiger partial charge in [-0.2, -0.15) is 5.10 Å². The molecule has 10 heteroatoms. The lowest BCUT2D eigenvalue weighted by Crippen LogP contribution is -2.28. The zero-order chi connectivity index (χ0) is 20.8. The number of nitrogens with one attached hydrogen (secondary N) is 2. The third-order valence-corrected chi connectivity index (χ3v) is 4.24. The Kier molecular flexibility index (Phi) is 5.56. The minimum atomic E-state index is -0.342. The van der Waals surface area contributed by atoms with E-state index in [1.807, 2.05) is 24.3 Å². The molecule has 0 aliphatic rings. The number of nitrogens with zero attached hydrogens (tertiary/aromatic N) is 6. The van der Waals surface area contributed by atoms with Crippen molar-refractivity contribution >= 4 is 11.7 Å². The number of urea groups is 1. The Morgan fingerprint density at radius 2 is 2.00 bits per heavy atom. The highest BCUT2D eigenvalue weighted by Gasteiger charge is 2.05. The summed E-state index contributed by atoms with van der Waals surface area (Å²) in [5, 5.41) is 9.60. The molecular weight excluding hydrogens is 384 g/mol. The van der Waals surface area contributed by atoms with Crippen molar-refractivity contribution in [3.8, 4) is 5.82 Å². The summed E-state index contributed by atoms with van der Waals surface area (Å²) in [5.41, 5.74) is 2.02. The van der Waals surface area contributed by atoms with Gasteiger partial charge < -0.3 is 10.6 Å². The van der Waals surface area contributed by atoms with Gasteiger partial charge in [0.1, 0.15) is 12.7 Å². The maximum atomic E-state index is 12.2. The Labute approximate surface area is 171 Å². The van der Waals surface area contributed by atoms with Crippen LogP contribution in [0.2, 0.25) is 0 Å². The number of aromatic nitrogens is 6. The summed E-state index contributed by atoms with van der Waals surface area (Å²) in [4.78, 5) is 35.9. The average molecular weight is 402 g/mol. The van der Waals surface area contributed by atoms with E-state index in [2.05, 4.69) is 30.7 Å². The highest BCUT2D eigenvalue weighted by atomic mass is 16.2. The van der Waals surface area contributed by atoms with E-state index in [1.54, 1.807) is 41.6 Å². The molecule has 0 fully saturated rings. The fraction of sp³-hybridized carbons (Fsp3) is 0.100. The standard InChI is InChI=1S/C20H18N8O2/c29-19(24-11-16-5-6-18(23-10-16)28-14-21-13-25-28)26-17-4-1-3-15(9-17)12-27-8-2-7-22-20(27)30/h1-10,13-14H,11-12H2,(H2,24,26,29). The molecular formula is C20H18N8O2. The number of hydrogen-bond acceptors (Lipinski definition) is 6. The van der Waals surface area contributed by atoms with E-state index < -0.39 is 0 Å². The first-order valence-electron chi connectivity index (χ1n) is 9.12. The molecule has 0 radical (unpaired) electrons. The molecule has 0 atom stereocenters. The second kappa shape index (κ2) is 8.78. The van der Waals surface area contributed by atoms with Crippen LogP contribution in [0.25, 0.3) is 5.82 Å². The molecule has 0 spiro atoms. The lowest BCUT2D eigenvalue weighted by atomic mass is 10.2. The largest absolute Gasteiger partial charge is 0.347 e. The Morgan fingerprint density at radius 1 is 1.07 bits per heavy atom. The van der Waals surface area contributed by atoms with Gasteiger partial charge in [-0.25, -0.2) is 29.2 Å².